The summed E-state index contributed by atoms with van der Waals surface area (Å²) in [5, 5.41) is 0. The number of piperidine rings is 1. The molecule has 1 unspecified atom stereocenters. The predicted octanol–water partition coefficient (Wildman–Crippen LogP) is 4.42. The van der Waals surface area contributed by atoms with E-state index in [0.29, 0.717) is 6.04 Å². The van der Waals surface area contributed by atoms with Gasteiger partial charge in [-0.25, -0.2) is 0 Å². The number of para-hydroxylation sites is 1. The molecule has 1 aliphatic heterocycles. The number of hydrogen-bond acceptors (Lipinski definition) is 2. The fraction of sp³-hybridized carbons (Fsp3) is 0.368. The predicted molar refractivity (Wildman–Crippen MR) is 86.4 cm³/mol. The van der Waals surface area contributed by atoms with Gasteiger partial charge in [0.15, 0.2) is 0 Å². The second kappa shape index (κ2) is 6.77. The van der Waals surface area contributed by atoms with Crippen LogP contribution < -0.4 is 4.74 Å². The van der Waals surface area contributed by atoms with Gasteiger partial charge in [-0.15, -0.1) is 0 Å². The highest BCUT2D eigenvalue weighted by Crippen LogP contribution is 2.36. The Morgan fingerprint density at radius 2 is 1.76 bits per heavy atom. The number of ether oxygens (including phenoxy) is 1. The molecule has 110 valence electrons. The highest BCUT2D eigenvalue weighted by molar-refractivity contribution is 5.36. The first kappa shape index (κ1) is 14.2. The SMILES string of the molecule is COc1ccccc1C1CCCCN1Cc1ccccc1. The van der Waals surface area contributed by atoms with Crippen molar-refractivity contribution in [2.45, 2.75) is 31.8 Å². The van der Waals surface area contributed by atoms with Crippen LogP contribution in [0.2, 0.25) is 0 Å². The molecule has 0 N–H and O–H groups in total. The summed E-state index contributed by atoms with van der Waals surface area (Å²) in [6, 6.07) is 19.7. The van der Waals surface area contributed by atoms with Crippen LogP contribution in [-0.2, 0) is 6.54 Å². The molecule has 2 aromatic rings. The second-order valence-electron chi connectivity index (χ2n) is 5.71. The summed E-state index contributed by atoms with van der Waals surface area (Å²) < 4.78 is 5.57. The highest BCUT2D eigenvalue weighted by atomic mass is 16.5. The molecule has 1 heterocycles. The fourth-order valence-electron chi connectivity index (χ4n) is 3.29. The van der Waals surface area contributed by atoms with Gasteiger partial charge in [0.1, 0.15) is 5.75 Å². The lowest BCUT2D eigenvalue weighted by Crippen LogP contribution is -2.33. The Hall–Kier alpha value is -1.80. The van der Waals surface area contributed by atoms with Crippen molar-refractivity contribution in [3.05, 3.63) is 65.7 Å². The smallest absolute Gasteiger partial charge is 0.123 e. The van der Waals surface area contributed by atoms with Gasteiger partial charge in [-0.2, -0.15) is 0 Å². The van der Waals surface area contributed by atoms with E-state index in [2.05, 4.69) is 53.4 Å². The number of methoxy groups -OCH3 is 1. The van der Waals surface area contributed by atoms with Crippen molar-refractivity contribution in [3.8, 4) is 5.75 Å². The minimum absolute atomic E-state index is 0.468. The zero-order chi connectivity index (χ0) is 14.5. The first-order valence-electron chi connectivity index (χ1n) is 7.79. The molecule has 2 nitrogen and oxygen atoms in total. The van der Waals surface area contributed by atoms with Crippen LogP contribution in [0.4, 0.5) is 0 Å². The first-order valence-corrected chi connectivity index (χ1v) is 7.79. The molecule has 0 saturated carbocycles. The standard InChI is InChI=1S/C19H23NO/c1-21-19-13-6-5-11-17(19)18-12-7-8-14-20(18)15-16-9-3-2-4-10-16/h2-6,9-11,13,18H,7-8,12,14-15H2,1H3. The van der Waals surface area contributed by atoms with E-state index in [0.717, 1.165) is 18.8 Å². The lowest BCUT2D eigenvalue weighted by atomic mass is 9.94. The summed E-state index contributed by atoms with van der Waals surface area (Å²) in [7, 11) is 1.77. The summed E-state index contributed by atoms with van der Waals surface area (Å²) in [5.41, 5.74) is 2.72. The van der Waals surface area contributed by atoms with Crippen LogP contribution in [0.15, 0.2) is 54.6 Å². The van der Waals surface area contributed by atoms with Gasteiger partial charge in [-0.3, -0.25) is 4.90 Å². The van der Waals surface area contributed by atoms with Crippen LogP contribution in [0.3, 0.4) is 0 Å². The molecule has 21 heavy (non-hydrogen) atoms. The van der Waals surface area contributed by atoms with Crippen molar-refractivity contribution in [3.63, 3.8) is 0 Å². The molecule has 2 aromatic carbocycles. The van der Waals surface area contributed by atoms with E-state index in [1.807, 2.05) is 6.07 Å². The Labute approximate surface area is 127 Å². The Morgan fingerprint density at radius 1 is 1.00 bits per heavy atom. The zero-order valence-electron chi connectivity index (χ0n) is 12.7. The lowest BCUT2D eigenvalue weighted by molar-refractivity contribution is 0.138. The minimum atomic E-state index is 0.468. The number of hydrogen-bond donors (Lipinski definition) is 0. The largest absolute Gasteiger partial charge is 0.496 e. The first-order chi connectivity index (χ1) is 10.4. The average molecular weight is 281 g/mol. The van der Waals surface area contributed by atoms with Gasteiger partial charge < -0.3 is 4.74 Å². The van der Waals surface area contributed by atoms with E-state index in [-0.39, 0.29) is 0 Å². The molecule has 0 spiro atoms. The van der Waals surface area contributed by atoms with E-state index in [9.17, 15) is 0 Å². The molecule has 1 saturated heterocycles. The molecule has 0 aromatic heterocycles. The summed E-state index contributed by atoms with van der Waals surface area (Å²) in [6.45, 7) is 2.18. The van der Waals surface area contributed by atoms with Gasteiger partial charge in [0, 0.05) is 18.2 Å². The molecule has 0 amide bonds. The summed E-state index contributed by atoms with van der Waals surface area (Å²) in [4.78, 5) is 2.59. The van der Waals surface area contributed by atoms with Gasteiger partial charge in [-0.05, 0) is 31.0 Å². The van der Waals surface area contributed by atoms with Crippen molar-refractivity contribution >= 4 is 0 Å². The van der Waals surface area contributed by atoms with Crippen molar-refractivity contribution < 1.29 is 4.74 Å². The van der Waals surface area contributed by atoms with E-state index in [4.69, 9.17) is 4.74 Å². The highest BCUT2D eigenvalue weighted by Gasteiger charge is 2.26. The molecule has 2 heteroatoms. The molecule has 0 aliphatic carbocycles. The molecule has 1 fully saturated rings. The molecular formula is C19H23NO. The zero-order valence-corrected chi connectivity index (χ0v) is 12.7. The number of benzene rings is 2. The third-order valence-corrected chi connectivity index (χ3v) is 4.34. The van der Waals surface area contributed by atoms with Crippen molar-refractivity contribution in [1.82, 2.24) is 4.90 Å². The Morgan fingerprint density at radius 3 is 2.57 bits per heavy atom. The maximum atomic E-state index is 5.57. The lowest BCUT2D eigenvalue weighted by Gasteiger charge is -2.36. The maximum Gasteiger partial charge on any atom is 0.123 e. The molecule has 3 rings (SSSR count). The summed E-state index contributed by atoms with van der Waals surface area (Å²) in [6.07, 6.45) is 3.81. The van der Waals surface area contributed by atoms with Gasteiger partial charge in [0.25, 0.3) is 0 Å². The van der Waals surface area contributed by atoms with Crippen molar-refractivity contribution in [1.29, 1.82) is 0 Å². The molecule has 1 aliphatic rings. The van der Waals surface area contributed by atoms with Gasteiger partial charge in [0.2, 0.25) is 0 Å². The van der Waals surface area contributed by atoms with Crippen LogP contribution in [0, 0.1) is 0 Å². The fourth-order valence-corrected chi connectivity index (χ4v) is 3.29. The molecule has 1 atom stereocenters. The third-order valence-electron chi connectivity index (χ3n) is 4.34. The van der Waals surface area contributed by atoms with E-state index >= 15 is 0 Å². The van der Waals surface area contributed by atoms with E-state index in [1.54, 1.807) is 7.11 Å². The average Bonchev–Trinajstić information content (AvgIpc) is 2.56. The summed E-state index contributed by atoms with van der Waals surface area (Å²) >= 11 is 0. The van der Waals surface area contributed by atoms with E-state index < -0.39 is 0 Å². The summed E-state index contributed by atoms with van der Waals surface area (Å²) in [5.74, 6) is 1.02. The number of likely N-dealkylation sites (tertiary alicyclic amines) is 1. The van der Waals surface area contributed by atoms with Crippen molar-refractivity contribution in [2.75, 3.05) is 13.7 Å². The maximum absolute atomic E-state index is 5.57. The molecule has 0 bridgehead atoms. The molecular weight excluding hydrogens is 258 g/mol. The quantitative estimate of drug-likeness (QED) is 0.822. The van der Waals surface area contributed by atoms with Crippen LogP contribution >= 0.6 is 0 Å². The third kappa shape index (κ3) is 3.27. The van der Waals surface area contributed by atoms with Gasteiger partial charge >= 0.3 is 0 Å². The second-order valence-corrected chi connectivity index (χ2v) is 5.71. The number of rotatable bonds is 4. The monoisotopic (exact) mass is 281 g/mol. The Balaban J connectivity index is 1.84. The number of nitrogens with zero attached hydrogens (tertiary/aromatic N) is 1. The Bertz CT molecular complexity index is 567. The van der Waals surface area contributed by atoms with Crippen LogP contribution in [-0.4, -0.2) is 18.6 Å². The molecule has 0 radical (unpaired) electrons. The van der Waals surface area contributed by atoms with Gasteiger partial charge in [-0.1, -0.05) is 55.0 Å². The van der Waals surface area contributed by atoms with E-state index in [1.165, 1.54) is 30.4 Å². The van der Waals surface area contributed by atoms with Crippen LogP contribution in [0.1, 0.15) is 36.4 Å². The topological polar surface area (TPSA) is 12.5 Å². The van der Waals surface area contributed by atoms with Gasteiger partial charge in [0.05, 0.1) is 7.11 Å². The Kier molecular flexibility index (Phi) is 4.56. The minimum Gasteiger partial charge on any atom is -0.496 e. The normalized spacial score (nSPS) is 19.4. The van der Waals surface area contributed by atoms with Crippen LogP contribution in [0.25, 0.3) is 0 Å². The van der Waals surface area contributed by atoms with Crippen LogP contribution in [0.5, 0.6) is 5.75 Å². The van der Waals surface area contributed by atoms with Crippen molar-refractivity contribution in [2.24, 2.45) is 0 Å².